The molecule has 1 unspecified atom stereocenters. The topological polar surface area (TPSA) is 106 Å². The minimum atomic E-state index is -0.465. The fourth-order valence-electron chi connectivity index (χ4n) is 4.28. The molecule has 2 heterocycles. The van der Waals surface area contributed by atoms with Crippen molar-refractivity contribution < 1.29 is 19.1 Å². The number of amides is 1. The molecule has 4 rings (SSSR count). The van der Waals surface area contributed by atoms with E-state index in [1.165, 1.54) is 11.3 Å². The lowest BCUT2D eigenvalue weighted by Crippen LogP contribution is -2.31. The Bertz CT molecular complexity index is 1260. The lowest BCUT2D eigenvalue weighted by molar-refractivity contribution is -0.118. The van der Waals surface area contributed by atoms with Crippen molar-refractivity contribution in [2.75, 3.05) is 7.11 Å². The number of rotatable bonds is 9. The Morgan fingerprint density at radius 2 is 2.20 bits per heavy atom. The van der Waals surface area contributed by atoms with E-state index >= 15 is 0 Å². The Balaban J connectivity index is 1.32. The highest BCUT2D eigenvalue weighted by Gasteiger charge is 2.28. The molecule has 1 amide bonds. The fraction of sp³-hybridized carbons (Fsp3) is 0.385. The van der Waals surface area contributed by atoms with Crippen LogP contribution in [0.4, 0.5) is 4.79 Å². The lowest BCUT2D eigenvalue weighted by Gasteiger charge is -2.22. The van der Waals surface area contributed by atoms with Gasteiger partial charge in [0.05, 0.1) is 18.9 Å². The van der Waals surface area contributed by atoms with Crippen LogP contribution in [0.3, 0.4) is 0 Å². The summed E-state index contributed by atoms with van der Waals surface area (Å²) in [6, 6.07) is 10.0. The van der Waals surface area contributed by atoms with Crippen molar-refractivity contribution in [1.29, 1.82) is 5.26 Å². The second-order valence-corrected chi connectivity index (χ2v) is 9.82. The van der Waals surface area contributed by atoms with Gasteiger partial charge >= 0.3 is 6.09 Å². The van der Waals surface area contributed by atoms with Crippen LogP contribution in [0.1, 0.15) is 44.8 Å². The number of aromatic nitrogens is 2. The Labute approximate surface area is 208 Å². The molecule has 182 valence electrons. The van der Waals surface area contributed by atoms with Crippen LogP contribution in [0, 0.1) is 11.3 Å². The molecule has 35 heavy (non-hydrogen) atoms. The third-order valence-electron chi connectivity index (χ3n) is 6.06. The maximum atomic E-state index is 12.7. The van der Waals surface area contributed by atoms with Crippen LogP contribution in [-0.4, -0.2) is 34.9 Å². The molecule has 0 fully saturated rings. The van der Waals surface area contributed by atoms with Gasteiger partial charge in [-0.3, -0.25) is 9.48 Å². The third kappa shape index (κ3) is 6.28. The molecule has 0 bridgehead atoms. The van der Waals surface area contributed by atoms with E-state index in [2.05, 4.69) is 16.5 Å². The van der Waals surface area contributed by atoms with Gasteiger partial charge < -0.3 is 14.8 Å². The molecule has 9 heteroatoms. The molecule has 1 atom stereocenters. The number of ether oxygens (including phenoxy) is 2. The van der Waals surface area contributed by atoms with E-state index in [9.17, 15) is 14.9 Å². The number of hydrogen-bond donors (Lipinski definition) is 1. The number of alkyl carbamates (subject to hydrolysis) is 1. The van der Waals surface area contributed by atoms with Crippen LogP contribution >= 0.6 is 11.3 Å². The Kier molecular flexibility index (Phi) is 7.83. The van der Waals surface area contributed by atoms with Crippen LogP contribution in [0.25, 0.3) is 0 Å². The predicted molar refractivity (Wildman–Crippen MR) is 131 cm³/mol. The first kappa shape index (κ1) is 24.5. The van der Waals surface area contributed by atoms with Crippen molar-refractivity contribution in [2.45, 2.75) is 51.2 Å². The van der Waals surface area contributed by atoms with Crippen molar-refractivity contribution in [1.82, 2.24) is 15.1 Å². The van der Waals surface area contributed by atoms with Gasteiger partial charge in [0.1, 0.15) is 23.7 Å². The first-order valence-electron chi connectivity index (χ1n) is 11.5. The van der Waals surface area contributed by atoms with Crippen LogP contribution < -0.4 is 10.1 Å². The first-order chi connectivity index (χ1) is 16.9. The van der Waals surface area contributed by atoms with Crippen molar-refractivity contribution >= 4 is 23.2 Å². The van der Waals surface area contributed by atoms with Crippen molar-refractivity contribution in [3.8, 4) is 11.8 Å². The zero-order valence-corrected chi connectivity index (χ0v) is 20.7. The molecule has 1 aliphatic rings. The van der Waals surface area contributed by atoms with Crippen molar-refractivity contribution in [2.24, 2.45) is 7.05 Å². The summed E-state index contributed by atoms with van der Waals surface area (Å²) < 4.78 is 12.5. The fourth-order valence-corrected chi connectivity index (χ4v) is 5.68. The number of nitrogens with one attached hydrogen (secondary N) is 1. The summed E-state index contributed by atoms with van der Waals surface area (Å²) in [5.74, 6) is 0.876. The van der Waals surface area contributed by atoms with E-state index in [-0.39, 0.29) is 18.3 Å². The number of hydrogen-bond acceptors (Lipinski definition) is 7. The SMILES string of the molecule is COc1cccc(CCC(=O)Cc2sc3c(c2C#N)CCC(OC(=O)NCc2cnn(C)c2)C3)c1. The normalized spacial score (nSPS) is 14.6. The van der Waals surface area contributed by atoms with Crippen LogP contribution in [0.5, 0.6) is 5.75 Å². The summed E-state index contributed by atoms with van der Waals surface area (Å²) in [4.78, 5) is 26.8. The molecule has 8 nitrogen and oxygen atoms in total. The van der Waals surface area contributed by atoms with Crippen LogP contribution in [0.15, 0.2) is 36.7 Å². The standard InChI is InChI=1S/C26H28N4O4S/c1-30-16-18(15-29-30)14-28-26(32)34-21-8-9-22-23(13-27)24(35-25(22)12-21)11-19(31)7-6-17-4-3-5-20(10-17)33-2/h3-5,10,15-16,21H,6-9,11-12,14H2,1-2H3,(H,28,32). The lowest BCUT2D eigenvalue weighted by atomic mass is 9.92. The van der Waals surface area contributed by atoms with Crippen LogP contribution in [-0.2, 0) is 48.8 Å². The number of nitriles is 1. The van der Waals surface area contributed by atoms with E-state index in [4.69, 9.17) is 9.47 Å². The molecule has 1 aromatic carbocycles. The molecule has 1 aliphatic carbocycles. The minimum absolute atomic E-state index is 0.102. The number of aryl methyl sites for hydroxylation is 2. The average molecular weight is 493 g/mol. The number of thiophene rings is 1. The maximum Gasteiger partial charge on any atom is 0.407 e. The molecular formula is C26H28N4O4S. The average Bonchev–Trinajstić information content (AvgIpc) is 3.43. The molecule has 0 aliphatic heterocycles. The molecule has 0 saturated carbocycles. The quantitative estimate of drug-likeness (QED) is 0.486. The summed E-state index contributed by atoms with van der Waals surface area (Å²) in [5.41, 5.74) is 3.57. The van der Waals surface area contributed by atoms with Gasteiger partial charge in [0, 0.05) is 54.4 Å². The van der Waals surface area contributed by atoms with Gasteiger partial charge in [-0.2, -0.15) is 10.4 Å². The van der Waals surface area contributed by atoms with Crippen LogP contribution in [0.2, 0.25) is 0 Å². The van der Waals surface area contributed by atoms with E-state index < -0.39 is 6.09 Å². The molecular weight excluding hydrogens is 464 g/mol. The highest BCUT2D eigenvalue weighted by molar-refractivity contribution is 7.12. The van der Waals surface area contributed by atoms with E-state index in [1.807, 2.05) is 37.5 Å². The Morgan fingerprint density at radius 1 is 1.34 bits per heavy atom. The van der Waals surface area contributed by atoms with E-state index in [0.717, 1.165) is 32.2 Å². The Morgan fingerprint density at radius 3 is 2.94 bits per heavy atom. The monoisotopic (exact) mass is 492 g/mol. The van der Waals surface area contributed by atoms with Gasteiger partial charge in [-0.05, 0) is 42.5 Å². The summed E-state index contributed by atoms with van der Waals surface area (Å²) in [5, 5.41) is 16.6. The highest BCUT2D eigenvalue weighted by atomic mass is 32.1. The molecule has 3 aromatic rings. The summed E-state index contributed by atoms with van der Waals surface area (Å²) in [7, 11) is 3.44. The zero-order chi connectivity index (χ0) is 24.8. The molecule has 2 aromatic heterocycles. The van der Waals surface area contributed by atoms with Gasteiger partial charge in [0.2, 0.25) is 0 Å². The zero-order valence-electron chi connectivity index (χ0n) is 19.9. The van der Waals surface area contributed by atoms with Gasteiger partial charge in [-0.25, -0.2) is 4.79 Å². The summed E-state index contributed by atoms with van der Waals surface area (Å²) >= 11 is 1.50. The van der Waals surface area contributed by atoms with Gasteiger partial charge in [0.25, 0.3) is 0 Å². The number of Topliss-reactive ketones (excluding diaryl/α,β-unsaturated/α-hetero) is 1. The number of nitrogens with zero attached hydrogens (tertiary/aromatic N) is 3. The molecule has 1 N–H and O–H groups in total. The van der Waals surface area contributed by atoms with Gasteiger partial charge in [-0.1, -0.05) is 12.1 Å². The second kappa shape index (κ2) is 11.2. The Hall–Kier alpha value is -3.64. The van der Waals surface area contributed by atoms with Crippen molar-refractivity contribution in [3.05, 3.63) is 68.7 Å². The minimum Gasteiger partial charge on any atom is -0.497 e. The van der Waals surface area contributed by atoms with Crippen molar-refractivity contribution in [3.63, 3.8) is 0 Å². The molecule has 0 spiro atoms. The number of carbonyl (C=O) groups is 2. The predicted octanol–water partition coefficient (Wildman–Crippen LogP) is 3.89. The number of fused-ring (bicyclic) bond motifs is 1. The number of ketones is 1. The van der Waals surface area contributed by atoms with E-state index in [1.54, 1.807) is 18.0 Å². The summed E-state index contributed by atoms with van der Waals surface area (Å²) in [6.45, 7) is 0.351. The van der Waals surface area contributed by atoms with E-state index in [0.29, 0.717) is 44.2 Å². The number of carbonyl (C=O) groups excluding carboxylic acids is 2. The maximum absolute atomic E-state index is 12.7. The smallest absolute Gasteiger partial charge is 0.407 e. The molecule has 0 saturated heterocycles. The highest BCUT2D eigenvalue weighted by Crippen LogP contribution is 2.35. The van der Waals surface area contributed by atoms with Gasteiger partial charge in [-0.15, -0.1) is 11.3 Å². The second-order valence-electron chi connectivity index (χ2n) is 8.63. The summed E-state index contributed by atoms with van der Waals surface area (Å²) in [6.07, 6.45) is 5.98. The number of methoxy groups -OCH3 is 1. The first-order valence-corrected chi connectivity index (χ1v) is 12.4. The number of benzene rings is 1. The largest absolute Gasteiger partial charge is 0.497 e. The molecule has 0 radical (unpaired) electrons. The third-order valence-corrected chi connectivity index (χ3v) is 7.31. The van der Waals surface area contributed by atoms with Gasteiger partial charge in [0.15, 0.2) is 0 Å².